The summed E-state index contributed by atoms with van der Waals surface area (Å²) in [7, 11) is 0. The van der Waals surface area contributed by atoms with Crippen molar-refractivity contribution >= 4 is 39.4 Å². The Hall–Kier alpha value is -2.64. The molecule has 0 radical (unpaired) electrons. The van der Waals surface area contributed by atoms with E-state index in [2.05, 4.69) is 25.9 Å². The van der Waals surface area contributed by atoms with Crippen LogP contribution in [0.4, 0.5) is 5.69 Å². The number of benzene rings is 2. The normalized spacial score (nSPS) is 11.3. The van der Waals surface area contributed by atoms with Crippen molar-refractivity contribution in [3.63, 3.8) is 0 Å². The molecular formula is C19H15BrClN3O3. The molecule has 2 N–H and O–H groups in total. The summed E-state index contributed by atoms with van der Waals surface area (Å²) >= 11 is 9.54. The molecule has 0 bridgehead atoms. The first kappa shape index (κ1) is 19.1. The van der Waals surface area contributed by atoms with E-state index < -0.39 is 17.1 Å². The number of H-pyrrole nitrogens is 1. The molecule has 0 aliphatic heterocycles. The smallest absolute Gasteiger partial charge is 0.335 e. The fourth-order valence-corrected chi connectivity index (χ4v) is 3.65. The number of rotatable bonds is 3. The molecule has 1 heterocycles. The van der Waals surface area contributed by atoms with Crippen LogP contribution in [0.2, 0.25) is 5.02 Å². The van der Waals surface area contributed by atoms with E-state index in [1.807, 2.05) is 26.0 Å². The van der Waals surface area contributed by atoms with Gasteiger partial charge in [-0.25, -0.2) is 9.36 Å². The van der Waals surface area contributed by atoms with E-state index in [4.69, 9.17) is 11.6 Å². The lowest BCUT2D eigenvalue weighted by Gasteiger charge is -2.11. The summed E-state index contributed by atoms with van der Waals surface area (Å²) in [6.45, 7) is 3.78. The molecule has 0 amide bonds. The maximum Gasteiger partial charge on any atom is 0.335 e. The molecule has 3 rings (SSSR count). The standard InChI is InChI=1S/C19H15BrClN3O3/c1-10-7-12(20)8-11(2)16(10)22-9-13-17(25)23-19(27)24(18(13)26)15-6-4-3-5-14(15)21/h3-9,26H,1-2H3,(H,23,25,27). The third-order valence-corrected chi connectivity index (χ3v) is 4.77. The lowest BCUT2D eigenvalue weighted by molar-refractivity contribution is 0.430. The molecule has 8 heteroatoms. The minimum Gasteiger partial charge on any atom is -0.493 e. The molecule has 0 unspecified atom stereocenters. The van der Waals surface area contributed by atoms with Gasteiger partial charge in [0.05, 0.1) is 16.4 Å². The number of aromatic nitrogens is 2. The van der Waals surface area contributed by atoms with Gasteiger partial charge < -0.3 is 5.11 Å². The van der Waals surface area contributed by atoms with Gasteiger partial charge in [0.2, 0.25) is 5.88 Å². The summed E-state index contributed by atoms with van der Waals surface area (Å²) in [5, 5.41) is 10.8. The van der Waals surface area contributed by atoms with Crippen LogP contribution in [0.15, 0.2) is 55.5 Å². The molecular weight excluding hydrogens is 434 g/mol. The van der Waals surface area contributed by atoms with Crippen LogP contribution < -0.4 is 11.2 Å². The van der Waals surface area contributed by atoms with Gasteiger partial charge in [0.25, 0.3) is 5.56 Å². The monoisotopic (exact) mass is 447 g/mol. The van der Waals surface area contributed by atoms with Crippen LogP contribution in [0.1, 0.15) is 16.7 Å². The van der Waals surface area contributed by atoms with E-state index in [0.29, 0.717) is 5.69 Å². The van der Waals surface area contributed by atoms with Crippen LogP contribution >= 0.6 is 27.5 Å². The number of nitrogens with one attached hydrogen (secondary N) is 1. The van der Waals surface area contributed by atoms with E-state index in [1.165, 1.54) is 6.21 Å². The van der Waals surface area contributed by atoms with Gasteiger partial charge in [-0.3, -0.25) is 14.8 Å². The number of aryl methyl sites for hydroxylation is 2. The lowest BCUT2D eigenvalue weighted by atomic mass is 10.1. The molecule has 0 aliphatic rings. The van der Waals surface area contributed by atoms with E-state index in [9.17, 15) is 14.7 Å². The zero-order chi connectivity index (χ0) is 19.7. The Labute approximate surface area is 167 Å². The SMILES string of the molecule is Cc1cc(Br)cc(C)c1N=Cc1c(O)n(-c2ccccc2Cl)c(=O)[nH]c1=O. The predicted octanol–water partition coefficient (Wildman–Crippen LogP) is 4.01. The number of aromatic hydroxyl groups is 1. The third-order valence-electron chi connectivity index (χ3n) is 3.99. The highest BCUT2D eigenvalue weighted by atomic mass is 79.9. The van der Waals surface area contributed by atoms with Gasteiger partial charge >= 0.3 is 5.69 Å². The van der Waals surface area contributed by atoms with Crippen molar-refractivity contribution in [2.45, 2.75) is 13.8 Å². The van der Waals surface area contributed by atoms with Crippen molar-refractivity contribution in [3.05, 3.63) is 83.4 Å². The van der Waals surface area contributed by atoms with Crippen LogP contribution in [0.5, 0.6) is 5.88 Å². The second-order valence-corrected chi connectivity index (χ2v) is 7.25. The van der Waals surface area contributed by atoms with E-state index in [-0.39, 0.29) is 16.3 Å². The van der Waals surface area contributed by atoms with Crippen molar-refractivity contribution in [1.82, 2.24) is 9.55 Å². The number of hydrogen-bond donors (Lipinski definition) is 2. The molecule has 1 aromatic heterocycles. The van der Waals surface area contributed by atoms with Gasteiger partial charge in [0.15, 0.2) is 0 Å². The van der Waals surface area contributed by atoms with E-state index in [0.717, 1.165) is 20.2 Å². The van der Waals surface area contributed by atoms with Gasteiger partial charge in [0.1, 0.15) is 5.56 Å². The number of halogens is 2. The Kier molecular flexibility index (Phi) is 5.34. The first-order chi connectivity index (χ1) is 12.8. The Balaban J connectivity index is 2.19. The van der Waals surface area contributed by atoms with E-state index >= 15 is 0 Å². The molecule has 138 valence electrons. The second kappa shape index (κ2) is 7.54. The Morgan fingerprint density at radius 1 is 1.19 bits per heavy atom. The summed E-state index contributed by atoms with van der Waals surface area (Å²) in [5.74, 6) is -0.534. The highest BCUT2D eigenvalue weighted by Gasteiger charge is 2.16. The maximum absolute atomic E-state index is 12.2. The number of para-hydroxylation sites is 1. The molecule has 0 spiro atoms. The summed E-state index contributed by atoms with van der Waals surface area (Å²) in [6, 6.07) is 10.3. The molecule has 0 atom stereocenters. The lowest BCUT2D eigenvalue weighted by Crippen LogP contribution is -2.31. The molecule has 3 aromatic rings. The van der Waals surface area contributed by atoms with Gasteiger partial charge in [-0.05, 0) is 49.2 Å². The first-order valence-electron chi connectivity index (χ1n) is 7.93. The summed E-state index contributed by atoms with van der Waals surface area (Å²) < 4.78 is 1.86. The average Bonchev–Trinajstić information content (AvgIpc) is 2.57. The Morgan fingerprint density at radius 3 is 2.44 bits per heavy atom. The molecule has 0 aliphatic carbocycles. The fraction of sp³-hybridized carbons (Fsp3) is 0.105. The predicted molar refractivity (Wildman–Crippen MR) is 110 cm³/mol. The molecule has 2 aromatic carbocycles. The van der Waals surface area contributed by atoms with Crippen LogP contribution in [-0.4, -0.2) is 20.9 Å². The van der Waals surface area contributed by atoms with Gasteiger partial charge in [-0.1, -0.05) is 39.7 Å². The highest BCUT2D eigenvalue weighted by Crippen LogP contribution is 2.28. The molecule has 0 fully saturated rings. The van der Waals surface area contributed by atoms with Crippen LogP contribution in [0.25, 0.3) is 5.69 Å². The topological polar surface area (TPSA) is 87.4 Å². The molecule has 0 saturated carbocycles. The Morgan fingerprint density at radius 2 is 1.81 bits per heavy atom. The number of nitrogens with zero attached hydrogens (tertiary/aromatic N) is 2. The number of aromatic amines is 1. The Bertz CT molecular complexity index is 1160. The largest absolute Gasteiger partial charge is 0.493 e. The van der Waals surface area contributed by atoms with Crippen molar-refractivity contribution in [2.75, 3.05) is 0 Å². The zero-order valence-electron chi connectivity index (χ0n) is 14.5. The molecule has 6 nitrogen and oxygen atoms in total. The quantitative estimate of drug-likeness (QED) is 0.593. The third kappa shape index (κ3) is 3.74. The first-order valence-corrected chi connectivity index (χ1v) is 9.10. The number of hydrogen-bond acceptors (Lipinski definition) is 4. The van der Waals surface area contributed by atoms with Crippen LogP contribution in [0, 0.1) is 13.8 Å². The maximum atomic E-state index is 12.2. The van der Waals surface area contributed by atoms with Crippen molar-refractivity contribution in [1.29, 1.82) is 0 Å². The highest BCUT2D eigenvalue weighted by molar-refractivity contribution is 9.10. The van der Waals surface area contributed by atoms with Crippen molar-refractivity contribution in [2.24, 2.45) is 4.99 Å². The minimum absolute atomic E-state index is 0.142. The summed E-state index contributed by atoms with van der Waals surface area (Å²) in [6.07, 6.45) is 1.24. The average molecular weight is 449 g/mol. The minimum atomic E-state index is -0.793. The zero-order valence-corrected chi connectivity index (χ0v) is 16.8. The van der Waals surface area contributed by atoms with Gasteiger partial charge in [-0.2, -0.15) is 0 Å². The van der Waals surface area contributed by atoms with Crippen molar-refractivity contribution in [3.8, 4) is 11.6 Å². The van der Waals surface area contributed by atoms with Crippen LogP contribution in [-0.2, 0) is 0 Å². The van der Waals surface area contributed by atoms with E-state index in [1.54, 1.807) is 24.3 Å². The summed E-state index contributed by atoms with van der Waals surface area (Å²) in [5.41, 5.74) is 1.05. The summed E-state index contributed by atoms with van der Waals surface area (Å²) in [4.78, 5) is 31.0. The van der Waals surface area contributed by atoms with Gasteiger partial charge in [-0.15, -0.1) is 0 Å². The molecule has 27 heavy (non-hydrogen) atoms. The number of aliphatic imine (C=N–C) groups is 1. The van der Waals surface area contributed by atoms with Crippen molar-refractivity contribution < 1.29 is 5.11 Å². The van der Waals surface area contributed by atoms with Gasteiger partial charge in [0, 0.05) is 10.7 Å². The van der Waals surface area contributed by atoms with Crippen LogP contribution in [0.3, 0.4) is 0 Å². The molecule has 0 saturated heterocycles. The second-order valence-electron chi connectivity index (χ2n) is 5.93. The fourth-order valence-electron chi connectivity index (χ4n) is 2.75.